The Balaban J connectivity index is 2.23. The first-order valence-corrected chi connectivity index (χ1v) is 9.40. The van der Waals surface area contributed by atoms with Crippen LogP contribution in [-0.2, 0) is 9.59 Å². The number of aryl methyl sites for hydroxylation is 1. The van der Waals surface area contributed by atoms with Crippen molar-refractivity contribution in [2.24, 2.45) is 0 Å². The minimum atomic E-state index is -3.08. The summed E-state index contributed by atoms with van der Waals surface area (Å²) >= 11 is 9.04. The molecule has 0 aliphatic carbocycles. The first kappa shape index (κ1) is 22.1. The molecule has 9 heteroatoms. The van der Waals surface area contributed by atoms with Gasteiger partial charge in [-0.15, -0.1) is 0 Å². The van der Waals surface area contributed by atoms with E-state index in [0.29, 0.717) is 0 Å². The monoisotopic (exact) mass is 474 g/mol. The van der Waals surface area contributed by atoms with Crippen molar-refractivity contribution in [2.45, 2.75) is 32.9 Å². The number of alkyl halides is 2. The molecule has 2 aromatic rings. The van der Waals surface area contributed by atoms with Crippen LogP contribution in [0.15, 0.2) is 40.9 Å². The third kappa shape index (κ3) is 6.45. The van der Waals surface area contributed by atoms with Crippen LogP contribution in [0.3, 0.4) is 0 Å². The van der Waals surface area contributed by atoms with Crippen molar-refractivity contribution in [1.29, 1.82) is 0 Å². The molecular formula is C19H18BrClF2N2O3. The fraction of sp³-hybridized carbons (Fsp3) is 0.263. The summed E-state index contributed by atoms with van der Waals surface area (Å²) in [4.78, 5) is 24.1. The molecule has 0 aromatic heterocycles. The predicted octanol–water partition coefficient (Wildman–Crippen LogP) is 5.22. The molecule has 0 aliphatic rings. The van der Waals surface area contributed by atoms with Crippen LogP contribution in [0.25, 0.3) is 0 Å². The lowest BCUT2D eigenvalue weighted by molar-refractivity contribution is -0.120. The van der Waals surface area contributed by atoms with Crippen LogP contribution in [0.2, 0.25) is 5.02 Å². The number of anilines is 1. The van der Waals surface area contributed by atoms with E-state index in [1.54, 1.807) is 0 Å². The van der Waals surface area contributed by atoms with Gasteiger partial charge in [0.05, 0.1) is 22.6 Å². The standard InChI is InChI=1S/C19H18BrClF2N2O3/c1-10-3-5-12(6-4-10)15(24-11(2)26)9-17(27)25-16-8-13(21)7-14(20)18(16)28-19(22)23/h3-8,15,19H,9H2,1-2H3,(H,24,26)(H,25,27). The van der Waals surface area contributed by atoms with Gasteiger partial charge in [0, 0.05) is 11.9 Å². The Morgan fingerprint density at radius 3 is 2.43 bits per heavy atom. The quantitative estimate of drug-likeness (QED) is 0.577. The van der Waals surface area contributed by atoms with E-state index in [1.807, 2.05) is 31.2 Å². The summed E-state index contributed by atoms with van der Waals surface area (Å²) in [5.41, 5.74) is 1.77. The van der Waals surface area contributed by atoms with Crippen LogP contribution in [0.5, 0.6) is 5.75 Å². The zero-order chi connectivity index (χ0) is 20.8. The molecule has 28 heavy (non-hydrogen) atoms. The predicted molar refractivity (Wildman–Crippen MR) is 107 cm³/mol. The molecule has 0 saturated carbocycles. The van der Waals surface area contributed by atoms with E-state index in [0.717, 1.165) is 11.1 Å². The maximum Gasteiger partial charge on any atom is 0.387 e. The van der Waals surface area contributed by atoms with Crippen LogP contribution in [0.4, 0.5) is 14.5 Å². The van der Waals surface area contributed by atoms with Gasteiger partial charge in [0.25, 0.3) is 0 Å². The topological polar surface area (TPSA) is 67.4 Å². The normalized spacial score (nSPS) is 11.8. The van der Waals surface area contributed by atoms with E-state index in [1.165, 1.54) is 19.1 Å². The third-order valence-corrected chi connectivity index (χ3v) is 4.54. The van der Waals surface area contributed by atoms with Gasteiger partial charge >= 0.3 is 6.61 Å². The second-order valence-electron chi connectivity index (χ2n) is 6.06. The highest BCUT2D eigenvalue weighted by molar-refractivity contribution is 9.10. The van der Waals surface area contributed by atoms with Gasteiger partial charge in [-0.1, -0.05) is 41.4 Å². The van der Waals surface area contributed by atoms with Gasteiger partial charge in [-0.05, 0) is 40.5 Å². The molecule has 1 atom stereocenters. The van der Waals surface area contributed by atoms with Gasteiger partial charge in [0.1, 0.15) is 0 Å². The molecule has 2 rings (SSSR count). The van der Waals surface area contributed by atoms with Crippen LogP contribution in [-0.4, -0.2) is 18.4 Å². The molecule has 0 aliphatic heterocycles. The molecule has 0 radical (unpaired) electrons. The molecule has 2 N–H and O–H groups in total. The third-order valence-electron chi connectivity index (χ3n) is 3.74. The van der Waals surface area contributed by atoms with Crippen molar-refractivity contribution in [1.82, 2.24) is 5.32 Å². The second-order valence-corrected chi connectivity index (χ2v) is 7.35. The number of amides is 2. The number of carbonyl (C=O) groups excluding carboxylic acids is 2. The summed E-state index contributed by atoms with van der Waals surface area (Å²) in [5, 5.41) is 5.46. The van der Waals surface area contributed by atoms with Gasteiger partial charge in [0.15, 0.2) is 5.75 Å². The maximum absolute atomic E-state index is 12.7. The SMILES string of the molecule is CC(=O)NC(CC(=O)Nc1cc(Cl)cc(Br)c1OC(F)F)c1ccc(C)cc1. The number of carbonyl (C=O) groups is 2. The lowest BCUT2D eigenvalue weighted by Crippen LogP contribution is -2.29. The molecule has 5 nitrogen and oxygen atoms in total. The Bertz CT molecular complexity index is 863. The van der Waals surface area contributed by atoms with Gasteiger partial charge in [0.2, 0.25) is 11.8 Å². The highest BCUT2D eigenvalue weighted by Gasteiger charge is 2.20. The zero-order valence-electron chi connectivity index (χ0n) is 15.1. The number of halogens is 4. The molecule has 0 heterocycles. The Morgan fingerprint density at radius 2 is 1.86 bits per heavy atom. The van der Waals surface area contributed by atoms with Gasteiger partial charge < -0.3 is 15.4 Å². The lowest BCUT2D eigenvalue weighted by atomic mass is 10.0. The van der Waals surface area contributed by atoms with Gasteiger partial charge in [-0.2, -0.15) is 8.78 Å². The van der Waals surface area contributed by atoms with Crippen molar-refractivity contribution < 1.29 is 23.1 Å². The molecular weight excluding hydrogens is 458 g/mol. The molecule has 0 fully saturated rings. The van der Waals surface area contributed by atoms with Crippen molar-refractivity contribution in [3.05, 3.63) is 57.0 Å². The second kappa shape index (κ2) is 9.84. The van der Waals surface area contributed by atoms with Crippen molar-refractivity contribution in [2.75, 3.05) is 5.32 Å². The van der Waals surface area contributed by atoms with E-state index in [2.05, 4.69) is 31.3 Å². The first-order valence-electron chi connectivity index (χ1n) is 8.23. The van der Waals surface area contributed by atoms with E-state index in [4.69, 9.17) is 11.6 Å². The number of hydrogen-bond donors (Lipinski definition) is 2. The number of hydrogen-bond acceptors (Lipinski definition) is 3. The summed E-state index contributed by atoms with van der Waals surface area (Å²) in [6.45, 7) is 0.195. The van der Waals surface area contributed by atoms with Crippen molar-refractivity contribution >= 4 is 45.0 Å². The van der Waals surface area contributed by atoms with Crippen LogP contribution in [0, 0.1) is 6.92 Å². The molecule has 2 aromatic carbocycles. The Kier molecular flexibility index (Phi) is 7.77. The Labute approximate surface area is 174 Å². The van der Waals surface area contributed by atoms with Crippen LogP contribution >= 0.6 is 27.5 Å². The summed E-state index contributed by atoms with van der Waals surface area (Å²) in [5.74, 6) is -1.04. The van der Waals surface area contributed by atoms with Crippen LogP contribution in [0.1, 0.15) is 30.5 Å². The maximum atomic E-state index is 12.7. The van der Waals surface area contributed by atoms with E-state index in [-0.39, 0.29) is 33.3 Å². The van der Waals surface area contributed by atoms with Gasteiger partial charge in [-0.25, -0.2) is 0 Å². The van der Waals surface area contributed by atoms with Crippen molar-refractivity contribution in [3.8, 4) is 5.75 Å². The number of ether oxygens (including phenoxy) is 1. The highest BCUT2D eigenvalue weighted by atomic mass is 79.9. The molecule has 0 spiro atoms. The molecule has 0 saturated heterocycles. The summed E-state index contributed by atoms with van der Waals surface area (Å²) in [7, 11) is 0. The average Bonchev–Trinajstić information content (AvgIpc) is 2.57. The largest absolute Gasteiger partial charge is 0.431 e. The van der Waals surface area contributed by atoms with Crippen molar-refractivity contribution in [3.63, 3.8) is 0 Å². The molecule has 1 unspecified atom stereocenters. The molecule has 2 amide bonds. The van der Waals surface area contributed by atoms with E-state index < -0.39 is 18.6 Å². The number of benzene rings is 2. The highest BCUT2D eigenvalue weighted by Crippen LogP contribution is 2.37. The van der Waals surface area contributed by atoms with E-state index in [9.17, 15) is 18.4 Å². The number of rotatable bonds is 7. The number of nitrogens with one attached hydrogen (secondary N) is 2. The smallest absolute Gasteiger partial charge is 0.387 e. The lowest BCUT2D eigenvalue weighted by Gasteiger charge is -2.19. The fourth-order valence-electron chi connectivity index (χ4n) is 2.55. The van der Waals surface area contributed by atoms with E-state index >= 15 is 0 Å². The summed E-state index contributed by atoms with van der Waals surface area (Å²) in [6.07, 6.45) is -0.110. The first-order chi connectivity index (χ1) is 13.2. The Morgan fingerprint density at radius 1 is 1.21 bits per heavy atom. The summed E-state index contributed by atoms with van der Waals surface area (Å²) < 4.78 is 30.0. The minimum absolute atomic E-state index is 0.00449. The summed E-state index contributed by atoms with van der Waals surface area (Å²) in [6, 6.07) is 9.45. The molecule has 0 bridgehead atoms. The minimum Gasteiger partial charge on any atom is -0.431 e. The molecule has 150 valence electrons. The fourth-order valence-corrected chi connectivity index (χ4v) is 3.45. The Hall–Kier alpha value is -2.19. The van der Waals surface area contributed by atoms with Crippen LogP contribution < -0.4 is 15.4 Å². The van der Waals surface area contributed by atoms with Gasteiger partial charge in [-0.3, -0.25) is 9.59 Å². The average molecular weight is 476 g/mol. The zero-order valence-corrected chi connectivity index (χ0v) is 17.4.